The standard InChI is InChI=1S/C12H21BClNO/c1-6-7-8-9-10-16-13(14)15(11(2)3)12(4)5/h6,11-12H,1,9-10H2,2-5H3. The van der Waals surface area contributed by atoms with Crippen molar-refractivity contribution in [1.82, 2.24) is 4.81 Å². The lowest BCUT2D eigenvalue weighted by Gasteiger charge is -2.31. The fourth-order valence-electron chi connectivity index (χ4n) is 1.50. The molecule has 0 aliphatic heterocycles. The largest absolute Gasteiger partial charge is 0.494 e. The average molecular weight is 242 g/mol. The third-order valence-corrected chi connectivity index (χ3v) is 2.46. The Bertz CT molecular complexity index is 249. The van der Waals surface area contributed by atoms with E-state index in [1.165, 1.54) is 0 Å². The van der Waals surface area contributed by atoms with Crippen LogP contribution in [-0.4, -0.2) is 30.0 Å². The van der Waals surface area contributed by atoms with Crippen LogP contribution in [0.15, 0.2) is 12.7 Å². The molecule has 0 aromatic heterocycles. The Hall–Kier alpha value is -0.425. The second-order valence-corrected chi connectivity index (χ2v) is 4.45. The van der Waals surface area contributed by atoms with Crippen LogP contribution in [0.4, 0.5) is 0 Å². The number of nitrogens with zero attached hydrogens (tertiary/aromatic N) is 1. The monoisotopic (exact) mass is 241 g/mol. The molecule has 0 aliphatic rings. The summed E-state index contributed by atoms with van der Waals surface area (Å²) in [4.78, 5) is 2.11. The predicted octanol–water partition coefficient (Wildman–Crippen LogP) is 2.93. The minimum absolute atomic E-state index is 0.363. The van der Waals surface area contributed by atoms with Gasteiger partial charge in [0.15, 0.2) is 0 Å². The maximum Gasteiger partial charge on any atom is 0.494 e. The molecule has 90 valence electrons. The minimum Gasteiger partial charge on any atom is -0.407 e. The van der Waals surface area contributed by atoms with Gasteiger partial charge in [0, 0.05) is 13.0 Å². The van der Waals surface area contributed by atoms with E-state index < -0.39 is 0 Å². The van der Waals surface area contributed by atoms with Gasteiger partial charge in [-0.05, 0) is 18.2 Å². The van der Waals surface area contributed by atoms with E-state index in [0.717, 1.165) is 0 Å². The van der Waals surface area contributed by atoms with Gasteiger partial charge < -0.3 is 4.65 Å². The SMILES string of the molecule is C=CC#CCCOB(Cl)N(C(C)C)C(C)C. The quantitative estimate of drug-likeness (QED) is 0.403. The maximum atomic E-state index is 6.19. The zero-order chi connectivity index (χ0) is 12.6. The molecule has 0 bridgehead atoms. The summed E-state index contributed by atoms with van der Waals surface area (Å²) in [5.41, 5.74) is 0. The maximum absolute atomic E-state index is 6.19. The lowest BCUT2D eigenvalue weighted by atomic mass is 10.0. The third kappa shape index (κ3) is 6.22. The molecular weight excluding hydrogens is 220 g/mol. The summed E-state index contributed by atoms with van der Waals surface area (Å²) < 4.78 is 5.53. The van der Waals surface area contributed by atoms with Gasteiger partial charge >= 0.3 is 6.47 Å². The zero-order valence-electron chi connectivity index (χ0n) is 10.7. The molecule has 2 nitrogen and oxygen atoms in total. The van der Waals surface area contributed by atoms with Gasteiger partial charge in [0.2, 0.25) is 0 Å². The van der Waals surface area contributed by atoms with Crippen molar-refractivity contribution in [1.29, 1.82) is 0 Å². The second-order valence-electron chi connectivity index (χ2n) is 4.07. The van der Waals surface area contributed by atoms with Crippen molar-refractivity contribution in [3.05, 3.63) is 12.7 Å². The van der Waals surface area contributed by atoms with Crippen LogP contribution in [0.3, 0.4) is 0 Å². The molecule has 0 fully saturated rings. The van der Waals surface area contributed by atoms with E-state index in [4.69, 9.17) is 16.1 Å². The Morgan fingerprint density at radius 3 is 2.38 bits per heavy atom. The predicted molar refractivity (Wildman–Crippen MR) is 72.3 cm³/mol. The molecule has 16 heavy (non-hydrogen) atoms. The van der Waals surface area contributed by atoms with Gasteiger partial charge in [0.05, 0.1) is 0 Å². The van der Waals surface area contributed by atoms with Crippen molar-refractivity contribution in [2.75, 3.05) is 6.61 Å². The Balaban J connectivity index is 4.01. The van der Waals surface area contributed by atoms with Crippen LogP contribution in [0.2, 0.25) is 0 Å². The van der Waals surface area contributed by atoms with Crippen molar-refractivity contribution in [2.24, 2.45) is 0 Å². The highest BCUT2D eigenvalue weighted by molar-refractivity contribution is 7.01. The Labute approximate surface area is 105 Å². The van der Waals surface area contributed by atoms with Crippen LogP contribution in [-0.2, 0) is 4.65 Å². The van der Waals surface area contributed by atoms with E-state index in [1.807, 2.05) is 0 Å². The molecule has 0 radical (unpaired) electrons. The number of rotatable bonds is 6. The van der Waals surface area contributed by atoms with E-state index >= 15 is 0 Å². The summed E-state index contributed by atoms with van der Waals surface area (Å²) in [7, 11) is 0. The van der Waals surface area contributed by atoms with Crippen LogP contribution < -0.4 is 0 Å². The van der Waals surface area contributed by atoms with Gasteiger partial charge in [0.1, 0.15) is 0 Å². The summed E-state index contributed by atoms with van der Waals surface area (Å²) in [5.74, 6) is 5.69. The molecule has 4 heteroatoms. The van der Waals surface area contributed by atoms with E-state index in [0.29, 0.717) is 25.1 Å². The zero-order valence-corrected chi connectivity index (χ0v) is 11.4. The summed E-state index contributed by atoms with van der Waals surface area (Å²) in [6.45, 7) is 12.1. The molecule has 0 aliphatic carbocycles. The van der Waals surface area contributed by atoms with Gasteiger partial charge in [-0.25, -0.2) is 0 Å². The number of hydrogen-bond donors (Lipinski definition) is 0. The van der Waals surface area contributed by atoms with Crippen molar-refractivity contribution in [2.45, 2.75) is 46.2 Å². The topological polar surface area (TPSA) is 12.5 Å². The molecule has 0 heterocycles. The summed E-state index contributed by atoms with van der Waals surface area (Å²) in [5, 5.41) is 0. The van der Waals surface area contributed by atoms with Crippen molar-refractivity contribution >= 4 is 17.9 Å². The molecule has 0 rings (SSSR count). The molecule has 0 amide bonds. The first-order valence-electron chi connectivity index (χ1n) is 5.63. The van der Waals surface area contributed by atoms with Crippen LogP contribution >= 0.6 is 11.5 Å². The first-order chi connectivity index (χ1) is 7.50. The number of allylic oxidation sites excluding steroid dienone is 1. The molecule has 0 atom stereocenters. The molecule has 0 N–H and O–H groups in total. The summed E-state index contributed by atoms with van der Waals surface area (Å²) >= 11 is 6.19. The summed E-state index contributed by atoms with van der Waals surface area (Å²) in [6.07, 6.45) is 2.26. The van der Waals surface area contributed by atoms with Gasteiger partial charge in [0.25, 0.3) is 0 Å². The molecule has 0 aromatic carbocycles. The Morgan fingerprint density at radius 2 is 1.94 bits per heavy atom. The van der Waals surface area contributed by atoms with Gasteiger partial charge in [-0.3, -0.25) is 4.81 Å². The molecule has 0 saturated carbocycles. The van der Waals surface area contributed by atoms with E-state index in [1.54, 1.807) is 6.08 Å². The molecule has 0 aromatic rings. The molecule has 0 saturated heterocycles. The van der Waals surface area contributed by atoms with Crippen LogP contribution in [0.25, 0.3) is 0 Å². The highest BCUT2D eigenvalue weighted by Gasteiger charge is 2.27. The minimum atomic E-state index is -0.384. The number of hydrogen-bond acceptors (Lipinski definition) is 2. The fourth-order valence-corrected chi connectivity index (χ4v) is 2.04. The van der Waals surface area contributed by atoms with Crippen LogP contribution in [0.1, 0.15) is 34.1 Å². The van der Waals surface area contributed by atoms with E-state index in [9.17, 15) is 0 Å². The smallest absolute Gasteiger partial charge is 0.407 e. The van der Waals surface area contributed by atoms with Crippen molar-refractivity contribution < 1.29 is 4.65 Å². The lowest BCUT2D eigenvalue weighted by molar-refractivity contribution is 0.228. The molecule has 0 spiro atoms. The first-order valence-corrected chi connectivity index (χ1v) is 6.06. The van der Waals surface area contributed by atoms with E-state index in [2.05, 4.69) is 50.9 Å². The lowest BCUT2D eigenvalue weighted by Crippen LogP contribution is -2.47. The number of halogens is 1. The molecular formula is C12H21BClNO. The Morgan fingerprint density at radius 1 is 1.38 bits per heavy atom. The van der Waals surface area contributed by atoms with Gasteiger partial charge in [-0.15, -0.1) is 11.5 Å². The fraction of sp³-hybridized carbons (Fsp3) is 0.667. The van der Waals surface area contributed by atoms with Gasteiger partial charge in [-0.2, -0.15) is 0 Å². The normalized spacial score (nSPS) is 10.5. The molecule has 0 unspecified atom stereocenters. The average Bonchev–Trinajstić information content (AvgIpc) is 2.16. The second kappa shape index (κ2) is 8.70. The highest BCUT2D eigenvalue weighted by Crippen LogP contribution is 2.11. The Kier molecular flexibility index (Phi) is 8.46. The first kappa shape index (κ1) is 15.6. The van der Waals surface area contributed by atoms with Crippen molar-refractivity contribution in [3.63, 3.8) is 0 Å². The summed E-state index contributed by atoms with van der Waals surface area (Å²) in [6, 6.07) is 0.725. The van der Waals surface area contributed by atoms with Gasteiger partial charge in [-0.1, -0.05) is 46.1 Å². The third-order valence-electron chi connectivity index (χ3n) is 2.11. The van der Waals surface area contributed by atoms with Crippen LogP contribution in [0, 0.1) is 11.8 Å². The van der Waals surface area contributed by atoms with Crippen LogP contribution in [0.5, 0.6) is 0 Å². The highest BCUT2D eigenvalue weighted by atomic mass is 35.5. The van der Waals surface area contributed by atoms with Crippen molar-refractivity contribution in [3.8, 4) is 11.8 Å². The van der Waals surface area contributed by atoms with E-state index in [-0.39, 0.29) is 6.47 Å².